The highest BCUT2D eigenvalue weighted by Crippen LogP contribution is 2.13. The first kappa shape index (κ1) is 13.3. The minimum Gasteiger partial charge on any atom is -0.465 e. The second-order valence-corrected chi connectivity index (χ2v) is 2.73. The summed E-state index contributed by atoms with van der Waals surface area (Å²) in [7, 11) is 0. The van der Waals surface area contributed by atoms with Gasteiger partial charge in [-0.3, -0.25) is 0 Å². The zero-order valence-electron chi connectivity index (χ0n) is 7.52. The quantitative estimate of drug-likeness (QED) is 0.862. The van der Waals surface area contributed by atoms with E-state index < -0.39 is 12.7 Å². The van der Waals surface area contributed by atoms with E-state index in [0.717, 1.165) is 0 Å². The molecular formula is C8H11ClF3NO. The van der Waals surface area contributed by atoms with Gasteiger partial charge < -0.3 is 9.73 Å². The zero-order chi connectivity index (χ0) is 9.90. The number of hydrogen-bond acceptors (Lipinski definition) is 2. The minimum atomic E-state index is -4.17. The molecule has 0 atom stereocenters. The van der Waals surface area contributed by atoms with Crippen molar-refractivity contribution in [2.45, 2.75) is 19.6 Å². The third kappa shape index (κ3) is 5.14. The van der Waals surface area contributed by atoms with Crippen LogP contribution in [0.5, 0.6) is 0 Å². The molecule has 0 saturated carbocycles. The largest absolute Gasteiger partial charge is 0.465 e. The summed E-state index contributed by atoms with van der Waals surface area (Å²) in [6, 6.07) is 3.36. The number of hydrogen-bond donors (Lipinski definition) is 1. The average Bonchev–Trinajstić information content (AvgIpc) is 2.33. The molecule has 0 aliphatic carbocycles. The predicted octanol–water partition coefficient (Wildman–Crippen LogP) is 2.66. The Bertz CT molecular complexity index is 272. The second kappa shape index (κ2) is 5.26. The molecule has 82 valence electrons. The van der Waals surface area contributed by atoms with E-state index in [4.69, 9.17) is 4.42 Å². The third-order valence-electron chi connectivity index (χ3n) is 1.42. The molecule has 0 saturated heterocycles. The summed E-state index contributed by atoms with van der Waals surface area (Å²) in [5.41, 5.74) is 0. The van der Waals surface area contributed by atoms with E-state index in [-0.39, 0.29) is 19.0 Å². The summed E-state index contributed by atoms with van der Waals surface area (Å²) in [5.74, 6) is 1.21. The van der Waals surface area contributed by atoms with Crippen molar-refractivity contribution >= 4 is 12.4 Å². The normalized spacial score (nSPS) is 11.1. The van der Waals surface area contributed by atoms with Gasteiger partial charge in [-0.2, -0.15) is 13.2 Å². The smallest absolute Gasteiger partial charge is 0.401 e. The van der Waals surface area contributed by atoms with Crippen LogP contribution < -0.4 is 5.32 Å². The predicted molar refractivity (Wildman–Crippen MR) is 48.5 cm³/mol. The van der Waals surface area contributed by atoms with Crippen molar-refractivity contribution in [2.24, 2.45) is 0 Å². The van der Waals surface area contributed by atoms with Gasteiger partial charge in [-0.15, -0.1) is 12.4 Å². The number of rotatable bonds is 3. The third-order valence-corrected chi connectivity index (χ3v) is 1.42. The molecule has 0 amide bonds. The molecule has 14 heavy (non-hydrogen) atoms. The summed E-state index contributed by atoms with van der Waals surface area (Å²) < 4.78 is 40.1. The summed E-state index contributed by atoms with van der Waals surface area (Å²) in [6.45, 7) is 0.855. The standard InChI is InChI=1S/C8H10F3NO.ClH/c1-6-2-3-7(13-6)4-12-5-8(9,10)11;/h2-3,12H,4-5H2,1H3;1H. The Balaban J connectivity index is 0.00000169. The molecule has 0 spiro atoms. The fourth-order valence-electron chi connectivity index (χ4n) is 0.908. The van der Waals surface area contributed by atoms with Crippen molar-refractivity contribution in [1.82, 2.24) is 5.32 Å². The molecule has 1 aromatic heterocycles. The Hall–Kier alpha value is -0.680. The Morgan fingerprint density at radius 1 is 1.36 bits per heavy atom. The molecule has 0 radical (unpaired) electrons. The molecule has 6 heteroatoms. The van der Waals surface area contributed by atoms with Gasteiger partial charge in [0.1, 0.15) is 11.5 Å². The molecule has 0 unspecified atom stereocenters. The van der Waals surface area contributed by atoms with E-state index in [9.17, 15) is 13.2 Å². The molecule has 0 bridgehead atoms. The lowest BCUT2D eigenvalue weighted by Gasteiger charge is -2.05. The van der Waals surface area contributed by atoms with E-state index >= 15 is 0 Å². The Kier molecular flexibility index (Phi) is 5.01. The van der Waals surface area contributed by atoms with E-state index in [0.29, 0.717) is 11.5 Å². The number of aryl methyl sites for hydroxylation is 1. The van der Waals surface area contributed by atoms with E-state index in [1.54, 1.807) is 19.1 Å². The topological polar surface area (TPSA) is 25.2 Å². The van der Waals surface area contributed by atoms with Crippen molar-refractivity contribution in [2.75, 3.05) is 6.54 Å². The lowest BCUT2D eigenvalue weighted by molar-refractivity contribution is -0.125. The highest BCUT2D eigenvalue weighted by molar-refractivity contribution is 5.85. The summed E-state index contributed by atoms with van der Waals surface area (Å²) in [6.07, 6.45) is -4.17. The SMILES string of the molecule is Cc1ccc(CNCC(F)(F)F)o1.Cl. The fraction of sp³-hybridized carbons (Fsp3) is 0.500. The average molecular weight is 230 g/mol. The molecule has 0 fully saturated rings. The maximum absolute atomic E-state index is 11.7. The van der Waals surface area contributed by atoms with Crippen LogP contribution in [0, 0.1) is 6.92 Å². The van der Waals surface area contributed by atoms with E-state index in [2.05, 4.69) is 5.32 Å². The summed E-state index contributed by atoms with van der Waals surface area (Å²) >= 11 is 0. The van der Waals surface area contributed by atoms with Crippen molar-refractivity contribution in [3.8, 4) is 0 Å². The number of halogens is 4. The van der Waals surface area contributed by atoms with Gasteiger partial charge >= 0.3 is 6.18 Å². The zero-order valence-corrected chi connectivity index (χ0v) is 8.34. The second-order valence-electron chi connectivity index (χ2n) is 2.73. The van der Waals surface area contributed by atoms with Gasteiger partial charge in [-0.1, -0.05) is 0 Å². The maximum atomic E-state index is 11.7. The van der Waals surface area contributed by atoms with Crippen LogP contribution in [0.2, 0.25) is 0 Å². The number of furan rings is 1. The van der Waals surface area contributed by atoms with Crippen molar-refractivity contribution in [3.63, 3.8) is 0 Å². The van der Waals surface area contributed by atoms with Crippen LogP contribution in [-0.2, 0) is 6.54 Å². The van der Waals surface area contributed by atoms with E-state index in [1.165, 1.54) is 0 Å². The molecule has 0 aromatic carbocycles. The van der Waals surface area contributed by atoms with Gasteiger partial charge in [0.15, 0.2) is 0 Å². The molecule has 1 rings (SSSR count). The Morgan fingerprint density at radius 3 is 2.43 bits per heavy atom. The van der Waals surface area contributed by atoms with Crippen molar-refractivity contribution in [3.05, 3.63) is 23.7 Å². The van der Waals surface area contributed by atoms with Crippen LogP contribution in [0.15, 0.2) is 16.5 Å². The van der Waals surface area contributed by atoms with Gasteiger partial charge in [0.2, 0.25) is 0 Å². The maximum Gasteiger partial charge on any atom is 0.401 e. The molecule has 0 aliphatic heterocycles. The van der Waals surface area contributed by atoms with Gasteiger partial charge in [0, 0.05) is 0 Å². The first-order valence-corrected chi connectivity index (χ1v) is 3.80. The van der Waals surface area contributed by atoms with Crippen molar-refractivity contribution < 1.29 is 17.6 Å². The van der Waals surface area contributed by atoms with Crippen LogP contribution in [-0.4, -0.2) is 12.7 Å². The van der Waals surface area contributed by atoms with Crippen LogP contribution >= 0.6 is 12.4 Å². The van der Waals surface area contributed by atoms with Gasteiger partial charge in [0.25, 0.3) is 0 Å². The molecule has 1 aromatic rings. The summed E-state index contributed by atoms with van der Waals surface area (Å²) in [4.78, 5) is 0. The van der Waals surface area contributed by atoms with Gasteiger partial charge in [0.05, 0.1) is 13.1 Å². The van der Waals surface area contributed by atoms with Crippen LogP contribution in [0.25, 0.3) is 0 Å². The van der Waals surface area contributed by atoms with Crippen LogP contribution in [0.1, 0.15) is 11.5 Å². The van der Waals surface area contributed by atoms with E-state index in [1.807, 2.05) is 0 Å². The molecule has 2 nitrogen and oxygen atoms in total. The minimum absolute atomic E-state index is 0. The van der Waals surface area contributed by atoms with Gasteiger partial charge in [-0.25, -0.2) is 0 Å². The highest BCUT2D eigenvalue weighted by atomic mass is 35.5. The molecule has 1 heterocycles. The first-order valence-electron chi connectivity index (χ1n) is 3.80. The van der Waals surface area contributed by atoms with Crippen LogP contribution in [0.3, 0.4) is 0 Å². The highest BCUT2D eigenvalue weighted by Gasteiger charge is 2.26. The Labute approximate surface area is 85.9 Å². The molecular weight excluding hydrogens is 219 g/mol. The van der Waals surface area contributed by atoms with Gasteiger partial charge in [-0.05, 0) is 19.1 Å². The number of nitrogens with one attached hydrogen (secondary N) is 1. The monoisotopic (exact) mass is 229 g/mol. The number of alkyl halides is 3. The Morgan fingerprint density at radius 2 is 2.00 bits per heavy atom. The molecule has 1 N–H and O–H groups in total. The first-order chi connectivity index (χ1) is 5.97. The molecule has 0 aliphatic rings. The lowest BCUT2D eigenvalue weighted by Crippen LogP contribution is -2.28. The fourth-order valence-corrected chi connectivity index (χ4v) is 0.908. The lowest BCUT2D eigenvalue weighted by atomic mass is 10.4. The van der Waals surface area contributed by atoms with Crippen molar-refractivity contribution in [1.29, 1.82) is 0 Å². The summed E-state index contributed by atoms with van der Waals surface area (Å²) in [5, 5.41) is 2.24. The van der Waals surface area contributed by atoms with Crippen LogP contribution in [0.4, 0.5) is 13.2 Å².